The van der Waals surface area contributed by atoms with Crippen molar-refractivity contribution in [1.29, 1.82) is 0 Å². The van der Waals surface area contributed by atoms with Crippen molar-refractivity contribution in [1.82, 2.24) is 10.6 Å². The number of hydrogen-bond donors (Lipinski definition) is 2. The molecule has 1 aliphatic carbocycles. The molecule has 1 aliphatic rings. The van der Waals surface area contributed by atoms with Crippen LogP contribution in [0.5, 0.6) is 0 Å². The lowest BCUT2D eigenvalue weighted by Crippen LogP contribution is -2.45. The lowest BCUT2D eigenvalue weighted by atomic mass is 10.1. The van der Waals surface area contributed by atoms with Gasteiger partial charge in [0, 0.05) is 11.3 Å². The summed E-state index contributed by atoms with van der Waals surface area (Å²) in [6, 6.07) is -0.302. The van der Waals surface area contributed by atoms with Crippen molar-refractivity contribution in [2.24, 2.45) is 0 Å². The highest BCUT2D eigenvalue weighted by Gasteiger charge is 2.33. The first-order chi connectivity index (χ1) is 8.62. The van der Waals surface area contributed by atoms with Gasteiger partial charge in [-0.2, -0.15) is 11.8 Å². The molecule has 0 bridgehead atoms. The Morgan fingerprint density at radius 2 is 1.94 bits per heavy atom. The van der Waals surface area contributed by atoms with Crippen molar-refractivity contribution >= 4 is 23.8 Å². The molecule has 0 unspecified atom stereocenters. The van der Waals surface area contributed by atoms with E-state index in [0.717, 1.165) is 12.8 Å². The maximum atomic E-state index is 11.5. The molecule has 0 aliphatic heterocycles. The molecule has 1 saturated carbocycles. The predicted molar refractivity (Wildman–Crippen MR) is 72.7 cm³/mol. The zero-order valence-corrected chi connectivity index (χ0v) is 11.9. The van der Waals surface area contributed by atoms with Gasteiger partial charge in [0.1, 0.15) is 6.54 Å². The van der Waals surface area contributed by atoms with Gasteiger partial charge < -0.3 is 15.4 Å². The molecule has 0 aromatic rings. The average Bonchev–Trinajstić information content (AvgIpc) is 2.84. The molecule has 104 valence electrons. The summed E-state index contributed by atoms with van der Waals surface area (Å²) >= 11 is 1.82. The van der Waals surface area contributed by atoms with Crippen LogP contribution in [0.1, 0.15) is 32.6 Å². The maximum Gasteiger partial charge on any atom is 0.325 e. The van der Waals surface area contributed by atoms with E-state index < -0.39 is 5.97 Å². The number of rotatable bonds is 6. The molecule has 5 nitrogen and oxygen atoms in total. The van der Waals surface area contributed by atoms with E-state index >= 15 is 0 Å². The van der Waals surface area contributed by atoms with Crippen molar-refractivity contribution < 1.29 is 14.3 Å². The van der Waals surface area contributed by atoms with E-state index in [1.807, 2.05) is 11.8 Å². The molecule has 1 fully saturated rings. The van der Waals surface area contributed by atoms with E-state index in [4.69, 9.17) is 4.74 Å². The summed E-state index contributed by atoms with van der Waals surface area (Å²) in [7, 11) is 0. The zero-order valence-electron chi connectivity index (χ0n) is 11.1. The highest BCUT2D eigenvalue weighted by molar-refractivity contribution is 8.00. The fourth-order valence-corrected chi connectivity index (χ4v) is 3.05. The zero-order chi connectivity index (χ0) is 13.4. The van der Waals surface area contributed by atoms with Gasteiger partial charge in [0.2, 0.25) is 0 Å². The summed E-state index contributed by atoms with van der Waals surface area (Å²) in [5, 5.41) is 5.33. The van der Waals surface area contributed by atoms with Crippen molar-refractivity contribution in [2.75, 3.05) is 26.0 Å². The lowest BCUT2D eigenvalue weighted by molar-refractivity contribution is -0.141. The minimum absolute atomic E-state index is 0.0774. The Hall–Kier alpha value is -0.910. The Morgan fingerprint density at radius 3 is 2.50 bits per heavy atom. The van der Waals surface area contributed by atoms with Gasteiger partial charge >= 0.3 is 12.0 Å². The minimum atomic E-state index is -0.409. The molecule has 0 atom stereocenters. The van der Waals surface area contributed by atoms with Crippen LogP contribution >= 0.6 is 11.8 Å². The predicted octanol–water partition coefficient (Wildman–Crippen LogP) is 1.52. The fraction of sp³-hybridized carbons (Fsp3) is 0.833. The highest BCUT2D eigenvalue weighted by Crippen LogP contribution is 2.39. The lowest BCUT2D eigenvalue weighted by Gasteiger charge is -2.26. The molecular formula is C12H22N2O3S. The van der Waals surface area contributed by atoms with Crippen molar-refractivity contribution in [2.45, 2.75) is 37.4 Å². The topological polar surface area (TPSA) is 67.4 Å². The van der Waals surface area contributed by atoms with Crippen molar-refractivity contribution in [3.8, 4) is 0 Å². The number of ether oxygens (including phenoxy) is 1. The van der Waals surface area contributed by atoms with Gasteiger partial charge in [0.25, 0.3) is 0 Å². The normalized spacial score (nSPS) is 17.2. The summed E-state index contributed by atoms with van der Waals surface area (Å²) in [6.45, 7) is 2.65. The second-order valence-corrected chi connectivity index (χ2v) is 5.71. The Labute approximate surface area is 112 Å². The van der Waals surface area contributed by atoms with Crippen molar-refractivity contribution in [3.05, 3.63) is 0 Å². The molecule has 0 aromatic heterocycles. The summed E-state index contributed by atoms with van der Waals surface area (Å²) in [4.78, 5) is 22.6. The number of carbonyl (C=O) groups excluding carboxylic acids is 2. The van der Waals surface area contributed by atoms with Gasteiger partial charge in [0.15, 0.2) is 0 Å². The standard InChI is InChI=1S/C12H22N2O3S/c1-3-17-10(15)8-13-11(16)14-9-12(18-2)6-4-5-7-12/h3-9H2,1-2H3,(H2,13,14,16). The van der Waals surface area contributed by atoms with Crippen LogP contribution in [0.3, 0.4) is 0 Å². The molecule has 18 heavy (non-hydrogen) atoms. The van der Waals surface area contributed by atoms with E-state index in [9.17, 15) is 9.59 Å². The first kappa shape index (κ1) is 15.1. The van der Waals surface area contributed by atoms with E-state index in [-0.39, 0.29) is 17.3 Å². The molecule has 0 saturated heterocycles. The molecule has 2 N–H and O–H groups in total. The smallest absolute Gasteiger partial charge is 0.325 e. The van der Waals surface area contributed by atoms with Crippen LogP contribution in [0.4, 0.5) is 4.79 Å². The average molecular weight is 274 g/mol. The van der Waals surface area contributed by atoms with Gasteiger partial charge in [-0.15, -0.1) is 0 Å². The van der Waals surface area contributed by atoms with Crippen LogP contribution in [-0.2, 0) is 9.53 Å². The van der Waals surface area contributed by atoms with E-state index in [0.29, 0.717) is 13.2 Å². The number of urea groups is 1. The molecular weight excluding hydrogens is 252 g/mol. The van der Waals surface area contributed by atoms with Gasteiger partial charge in [-0.25, -0.2) is 4.79 Å². The largest absolute Gasteiger partial charge is 0.465 e. The maximum absolute atomic E-state index is 11.5. The first-order valence-electron chi connectivity index (χ1n) is 6.34. The summed E-state index contributed by atoms with van der Waals surface area (Å²) in [5.74, 6) is -0.409. The summed E-state index contributed by atoms with van der Waals surface area (Å²) in [5.41, 5.74) is 0. The molecule has 2 amide bonds. The molecule has 0 spiro atoms. The summed E-state index contributed by atoms with van der Waals surface area (Å²) < 4.78 is 4.91. The quantitative estimate of drug-likeness (QED) is 0.721. The highest BCUT2D eigenvalue weighted by atomic mass is 32.2. The molecule has 1 rings (SSSR count). The number of nitrogens with one attached hydrogen (secondary N) is 2. The van der Waals surface area contributed by atoms with Crippen LogP contribution in [0.2, 0.25) is 0 Å². The Bertz CT molecular complexity index is 291. The van der Waals surface area contributed by atoms with E-state index in [2.05, 4.69) is 16.9 Å². The molecule has 0 radical (unpaired) electrons. The van der Waals surface area contributed by atoms with E-state index in [1.165, 1.54) is 12.8 Å². The van der Waals surface area contributed by atoms with Gasteiger partial charge in [-0.3, -0.25) is 4.79 Å². The Balaban J connectivity index is 2.22. The molecule has 0 heterocycles. The molecule has 6 heteroatoms. The van der Waals surface area contributed by atoms with Gasteiger partial charge in [-0.05, 0) is 26.0 Å². The number of hydrogen-bond acceptors (Lipinski definition) is 4. The van der Waals surface area contributed by atoms with Gasteiger partial charge in [0.05, 0.1) is 6.61 Å². The first-order valence-corrected chi connectivity index (χ1v) is 7.57. The Morgan fingerprint density at radius 1 is 1.28 bits per heavy atom. The third kappa shape index (κ3) is 4.76. The molecule has 0 aromatic carbocycles. The van der Waals surface area contributed by atoms with E-state index in [1.54, 1.807) is 6.92 Å². The third-order valence-corrected chi connectivity index (χ3v) is 4.64. The second-order valence-electron chi connectivity index (χ2n) is 4.44. The van der Waals surface area contributed by atoms with Gasteiger partial charge in [-0.1, -0.05) is 12.8 Å². The number of esters is 1. The summed E-state index contributed by atoms with van der Waals surface area (Å²) in [6.07, 6.45) is 6.84. The SMILES string of the molecule is CCOC(=O)CNC(=O)NCC1(SC)CCCC1. The van der Waals surface area contributed by atoms with Crippen LogP contribution in [0, 0.1) is 0 Å². The van der Waals surface area contributed by atoms with Crippen LogP contribution in [0.15, 0.2) is 0 Å². The van der Waals surface area contributed by atoms with Crippen LogP contribution in [0.25, 0.3) is 0 Å². The number of thioether (sulfide) groups is 1. The monoisotopic (exact) mass is 274 g/mol. The minimum Gasteiger partial charge on any atom is -0.465 e. The second kappa shape index (κ2) is 7.51. The third-order valence-electron chi connectivity index (χ3n) is 3.22. The number of amides is 2. The Kier molecular flexibility index (Phi) is 6.32. The van der Waals surface area contributed by atoms with Crippen LogP contribution < -0.4 is 10.6 Å². The fourth-order valence-electron chi connectivity index (χ4n) is 2.14. The number of carbonyl (C=O) groups is 2. The van der Waals surface area contributed by atoms with Crippen LogP contribution in [-0.4, -0.2) is 42.7 Å². The van der Waals surface area contributed by atoms with Crippen molar-refractivity contribution in [3.63, 3.8) is 0 Å².